The molecule has 4 rings (SSSR count). The first-order valence-corrected chi connectivity index (χ1v) is 8.25. The molecule has 0 unspecified atom stereocenters. The summed E-state index contributed by atoms with van der Waals surface area (Å²) in [6.07, 6.45) is 5.77. The lowest BCUT2D eigenvalue weighted by Crippen LogP contribution is -2.00. The fourth-order valence-electron chi connectivity index (χ4n) is 3.04. The molecule has 1 aliphatic rings. The number of nitriles is 1. The zero-order valence-electron chi connectivity index (χ0n) is 14.1. The first kappa shape index (κ1) is 15.4. The van der Waals surface area contributed by atoms with Crippen LogP contribution in [-0.2, 0) is 0 Å². The predicted molar refractivity (Wildman–Crippen MR) is 94.2 cm³/mol. The maximum Gasteiger partial charge on any atom is 0.160 e. The smallest absolute Gasteiger partial charge is 0.160 e. The Bertz CT molecular complexity index is 1040. The Morgan fingerprint density at radius 3 is 2.52 bits per heavy atom. The molecule has 1 aliphatic carbocycles. The molecule has 0 aliphatic heterocycles. The normalized spacial score (nSPS) is 13.6. The first-order valence-electron chi connectivity index (χ1n) is 8.25. The molecule has 0 amide bonds. The standard InChI is InChI=1S/C20H16N4O/c1-11-5-15(12(2)25)17-7-16(19(8-21)24-18(17)6-11)14-9-22-20(23-10-14)13-3-4-13/h5-7,9-10,13H,3-4H2,1-2H3. The van der Waals surface area contributed by atoms with Crippen molar-refractivity contribution in [1.29, 1.82) is 5.26 Å². The van der Waals surface area contributed by atoms with E-state index in [1.165, 1.54) is 0 Å². The summed E-state index contributed by atoms with van der Waals surface area (Å²) in [5.74, 6) is 1.31. The van der Waals surface area contributed by atoms with Gasteiger partial charge in [-0.25, -0.2) is 15.0 Å². The highest BCUT2D eigenvalue weighted by Crippen LogP contribution is 2.38. The van der Waals surface area contributed by atoms with Crippen molar-refractivity contribution in [3.63, 3.8) is 0 Å². The summed E-state index contributed by atoms with van der Waals surface area (Å²) >= 11 is 0. The van der Waals surface area contributed by atoms with Gasteiger partial charge in [0.25, 0.3) is 0 Å². The molecule has 5 heteroatoms. The Morgan fingerprint density at radius 2 is 1.92 bits per heavy atom. The van der Waals surface area contributed by atoms with E-state index >= 15 is 0 Å². The predicted octanol–water partition coefficient (Wildman–Crippen LogP) is 3.95. The molecule has 1 saturated carbocycles. The van der Waals surface area contributed by atoms with Crippen molar-refractivity contribution < 1.29 is 4.79 Å². The van der Waals surface area contributed by atoms with Crippen LogP contribution in [0.4, 0.5) is 0 Å². The number of fused-ring (bicyclic) bond motifs is 1. The summed E-state index contributed by atoms with van der Waals surface area (Å²) in [5, 5.41) is 10.3. The maximum atomic E-state index is 12.0. The van der Waals surface area contributed by atoms with Crippen LogP contribution in [0.5, 0.6) is 0 Å². The van der Waals surface area contributed by atoms with Gasteiger partial charge in [0.1, 0.15) is 17.6 Å². The SMILES string of the molecule is CC(=O)c1cc(C)cc2nc(C#N)c(-c3cnc(C4CC4)nc3)cc12. The number of ketones is 1. The molecule has 0 bridgehead atoms. The Labute approximate surface area is 145 Å². The number of Topliss-reactive ketones (excluding diaryl/α,β-unsaturated/α-hetero) is 1. The fourth-order valence-corrected chi connectivity index (χ4v) is 3.04. The lowest BCUT2D eigenvalue weighted by molar-refractivity contribution is 0.101. The quantitative estimate of drug-likeness (QED) is 0.680. The summed E-state index contributed by atoms with van der Waals surface area (Å²) in [5.41, 5.74) is 3.92. The molecule has 122 valence electrons. The van der Waals surface area contributed by atoms with Gasteiger partial charge in [-0.2, -0.15) is 5.26 Å². The molecular formula is C20H16N4O. The zero-order chi connectivity index (χ0) is 17.6. The van der Waals surface area contributed by atoms with Crippen LogP contribution in [0, 0.1) is 18.3 Å². The van der Waals surface area contributed by atoms with Crippen LogP contribution < -0.4 is 0 Å². The molecule has 0 atom stereocenters. The third-order valence-corrected chi connectivity index (χ3v) is 4.49. The molecule has 0 saturated heterocycles. The average Bonchev–Trinajstić information content (AvgIpc) is 3.45. The lowest BCUT2D eigenvalue weighted by atomic mass is 9.98. The van der Waals surface area contributed by atoms with Crippen LogP contribution in [-0.4, -0.2) is 20.7 Å². The van der Waals surface area contributed by atoms with Gasteiger partial charge in [0.15, 0.2) is 5.78 Å². The van der Waals surface area contributed by atoms with Crippen molar-refractivity contribution >= 4 is 16.7 Å². The lowest BCUT2D eigenvalue weighted by Gasteiger charge is -2.10. The second-order valence-corrected chi connectivity index (χ2v) is 6.54. The van der Waals surface area contributed by atoms with Crippen LogP contribution >= 0.6 is 0 Å². The number of hydrogen-bond donors (Lipinski definition) is 0. The van der Waals surface area contributed by atoms with E-state index in [2.05, 4.69) is 21.0 Å². The number of carbonyl (C=O) groups is 1. The Morgan fingerprint density at radius 1 is 1.20 bits per heavy atom. The molecule has 2 heterocycles. The average molecular weight is 328 g/mol. The number of nitrogens with zero attached hydrogens (tertiary/aromatic N) is 4. The van der Waals surface area contributed by atoms with E-state index in [4.69, 9.17) is 0 Å². The van der Waals surface area contributed by atoms with Crippen LogP contribution in [0.25, 0.3) is 22.0 Å². The van der Waals surface area contributed by atoms with Gasteiger partial charge in [-0.1, -0.05) is 0 Å². The summed E-state index contributed by atoms with van der Waals surface area (Å²) < 4.78 is 0. The minimum Gasteiger partial charge on any atom is -0.294 e. The third kappa shape index (κ3) is 2.76. The van der Waals surface area contributed by atoms with Gasteiger partial charge in [-0.3, -0.25) is 4.79 Å². The number of aromatic nitrogens is 3. The fraction of sp³-hybridized carbons (Fsp3) is 0.250. The van der Waals surface area contributed by atoms with E-state index < -0.39 is 0 Å². The number of hydrogen-bond acceptors (Lipinski definition) is 5. The van der Waals surface area contributed by atoms with Crippen LogP contribution in [0.1, 0.15) is 53.1 Å². The van der Waals surface area contributed by atoms with Gasteiger partial charge in [0, 0.05) is 40.4 Å². The second kappa shape index (κ2) is 5.75. The number of aryl methyl sites for hydroxylation is 1. The molecule has 5 nitrogen and oxygen atoms in total. The highest BCUT2D eigenvalue weighted by molar-refractivity contribution is 6.07. The van der Waals surface area contributed by atoms with Crippen LogP contribution in [0.2, 0.25) is 0 Å². The minimum atomic E-state index is -0.0218. The van der Waals surface area contributed by atoms with Gasteiger partial charge in [-0.05, 0) is 50.5 Å². The Hall–Kier alpha value is -3.13. The van der Waals surface area contributed by atoms with Gasteiger partial charge < -0.3 is 0 Å². The molecule has 25 heavy (non-hydrogen) atoms. The second-order valence-electron chi connectivity index (χ2n) is 6.54. The van der Waals surface area contributed by atoms with Gasteiger partial charge in [0.2, 0.25) is 0 Å². The molecule has 3 aromatic rings. The van der Waals surface area contributed by atoms with E-state index in [0.29, 0.717) is 28.3 Å². The van der Waals surface area contributed by atoms with Crippen molar-refractivity contribution in [3.05, 3.63) is 53.2 Å². The summed E-state index contributed by atoms with van der Waals surface area (Å²) in [6, 6.07) is 7.75. The number of rotatable bonds is 3. The van der Waals surface area contributed by atoms with E-state index in [1.54, 1.807) is 19.3 Å². The minimum absolute atomic E-state index is 0.0218. The summed E-state index contributed by atoms with van der Waals surface area (Å²) in [4.78, 5) is 25.4. The highest BCUT2D eigenvalue weighted by atomic mass is 16.1. The molecular weight excluding hydrogens is 312 g/mol. The number of pyridine rings is 1. The largest absolute Gasteiger partial charge is 0.294 e. The maximum absolute atomic E-state index is 12.0. The van der Waals surface area contributed by atoms with Crippen LogP contribution in [0.15, 0.2) is 30.6 Å². The summed E-state index contributed by atoms with van der Waals surface area (Å²) in [6.45, 7) is 3.46. The monoisotopic (exact) mass is 328 g/mol. The van der Waals surface area contributed by atoms with Gasteiger partial charge >= 0.3 is 0 Å². The van der Waals surface area contributed by atoms with E-state index in [9.17, 15) is 10.1 Å². The Balaban J connectivity index is 1.93. The van der Waals surface area contributed by atoms with Crippen molar-refractivity contribution in [2.75, 3.05) is 0 Å². The van der Waals surface area contributed by atoms with Crippen molar-refractivity contribution in [2.45, 2.75) is 32.6 Å². The first-order chi connectivity index (χ1) is 12.1. The van der Waals surface area contributed by atoms with Gasteiger partial charge in [-0.15, -0.1) is 0 Å². The molecule has 0 N–H and O–H groups in total. The zero-order valence-corrected chi connectivity index (χ0v) is 14.1. The van der Waals surface area contributed by atoms with Crippen molar-refractivity contribution in [2.24, 2.45) is 0 Å². The highest BCUT2D eigenvalue weighted by Gasteiger charge is 2.26. The van der Waals surface area contributed by atoms with E-state index in [0.717, 1.165) is 35.2 Å². The number of benzene rings is 1. The van der Waals surface area contributed by atoms with E-state index in [1.807, 2.05) is 25.1 Å². The molecule has 0 spiro atoms. The topological polar surface area (TPSA) is 79.5 Å². The summed E-state index contributed by atoms with van der Waals surface area (Å²) in [7, 11) is 0. The van der Waals surface area contributed by atoms with Gasteiger partial charge in [0.05, 0.1) is 5.52 Å². The molecule has 0 radical (unpaired) electrons. The molecule has 1 aromatic carbocycles. The third-order valence-electron chi connectivity index (χ3n) is 4.49. The molecule has 1 fully saturated rings. The van der Waals surface area contributed by atoms with Crippen molar-refractivity contribution in [1.82, 2.24) is 15.0 Å². The van der Waals surface area contributed by atoms with E-state index in [-0.39, 0.29) is 5.78 Å². The molecule has 2 aromatic heterocycles. The Kier molecular flexibility index (Phi) is 3.54. The van der Waals surface area contributed by atoms with Crippen molar-refractivity contribution in [3.8, 4) is 17.2 Å². The van der Waals surface area contributed by atoms with Crippen LogP contribution in [0.3, 0.4) is 0 Å². The number of carbonyl (C=O) groups excluding carboxylic acids is 1.